The minimum atomic E-state index is 0.0274. The summed E-state index contributed by atoms with van der Waals surface area (Å²) >= 11 is 3.51. The first-order chi connectivity index (χ1) is 9.06. The molecular formula is C15H21BrN2O. The lowest BCUT2D eigenvalue weighted by Crippen LogP contribution is -2.34. The number of aryl methyl sites for hydroxylation is 2. The first kappa shape index (κ1) is 14.5. The van der Waals surface area contributed by atoms with Crippen molar-refractivity contribution in [3.05, 3.63) is 27.7 Å². The van der Waals surface area contributed by atoms with Crippen LogP contribution in [-0.4, -0.2) is 18.5 Å². The van der Waals surface area contributed by atoms with E-state index in [1.807, 2.05) is 19.9 Å². The van der Waals surface area contributed by atoms with Gasteiger partial charge in [0.05, 0.1) is 12.2 Å². The van der Waals surface area contributed by atoms with Crippen molar-refractivity contribution in [2.75, 3.05) is 11.9 Å². The van der Waals surface area contributed by atoms with Gasteiger partial charge in [0.25, 0.3) is 0 Å². The molecule has 19 heavy (non-hydrogen) atoms. The molecule has 4 heteroatoms. The van der Waals surface area contributed by atoms with E-state index >= 15 is 0 Å². The molecule has 0 aromatic heterocycles. The molecule has 0 radical (unpaired) electrons. The van der Waals surface area contributed by atoms with Crippen LogP contribution in [-0.2, 0) is 4.79 Å². The zero-order chi connectivity index (χ0) is 13.8. The van der Waals surface area contributed by atoms with Crippen LogP contribution in [0, 0.1) is 13.8 Å². The third-order valence-corrected chi connectivity index (χ3v) is 4.23. The summed E-state index contributed by atoms with van der Waals surface area (Å²) < 4.78 is 0.944. The smallest absolute Gasteiger partial charge is 0.238 e. The van der Waals surface area contributed by atoms with Gasteiger partial charge in [-0.1, -0.05) is 18.9 Å². The molecule has 3 nitrogen and oxygen atoms in total. The summed E-state index contributed by atoms with van der Waals surface area (Å²) in [6, 6.07) is 4.62. The molecule has 1 aliphatic rings. The quantitative estimate of drug-likeness (QED) is 0.889. The molecule has 0 atom stereocenters. The fraction of sp³-hybridized carbons (Fsp3) is 0.533. The monoisotopic (exact) mass is 324 g/mol. The van der Waals surface area contributed by atoms with Crippen LogP contribution >= 0.6 is 15.9 Å². The van der Waals surface area contributed by atoms with Gasteiger partial charge < -0.3 is 10.6 Å². The highest BCUT2D eigenvalue weighted by Gasteiger charge is 2.16. The first-order valence-electron chi connectivity index (χ1n) is 6.86. The topological polar surface area (TPSA) is 41.1 Å². The fourth-order valence-electron chi connectivity index (χ4n) is 2.62. The Kier molecular flexibility index (Phi) is 4.99. The predicted octanol–water partition coefficient (Wildman–Crippen LogP) is 3.54. The minimum absolute atomic E-state index is 0.0274. The number of benzene rings is 1. The Bertz CT molecular complexity index is 444. The van der Waals surface area contributed by atoms with Gasteiger partial charge in [-0.2, -0.15) is 0 Å². The largest absolute Gasteiger partial charge is 0.324 e. The molecule has 1 saturated carbocycles. The SMILES string of the molecule is Cc1cc(C)c(NC(=O)CNC2CCCC2)c(Br)c1. The zero-order valence-corrected chi connectivity index (χ0v) is 13.1. The molecule has 104 valence electrons. The first-order valence-corrected chi connectivity index (χ1v) is 7.65. The van der Waals surface area contributed by atoms with Crippen molar-refractivity contribution in [3.8, 4) is 0 Å². The lowest BCUT2D eigenvalue weighted by molar-refractivity contribution is -0.115. The highest BCUT2D eigenvalue weighted by Crippen LogP contribution is 2.27. The highest BCUT2D eigenvalue weighted by atomic mass is 79.9. The average Bonchev–Trinajstić information content (AvgIpc) is 2.84. The van der Waals surface area contributed by atoms with Crippen LogP contribution in [0.4, 0.5) is 5.69 Å². The van der Waals surface area contributed by atoms with Crippen LogP contribution in [0.2, 0.25) is 0 Å². The van der Waals surface area contributed by atoms with Gasteiger partial charge in [-0.25, -0.2) is 0 Å². The summed E-state index contributed by atoms with van der Waals surface area (Å²) in [5.74, 6) is 0.0274. The van der Waals surface area contributed by atoms with E-state index in [0.29, 0.717) is 12.6 Å². The Balaban J connectivity index is 1.91. The van der Waals surface area contributed by atoms with Gasteiger partial charge in [0.2, 0.25) is 5.91 Å². The van der Waals surface area contributed by atoms with E-state index < -0.39 is 0 Å². The minimum Gasteiger partial charge on any atom is -0.324 e. The summed E-state index contributed by atoms with van der Waals surface area (Å²) in [6.45, 7) is 4.45. The number of halogens is 1. The molecule has 0 saturated heterocycles. The van der Waals surface area contributed by atoms with Gasteiger partial charge in [0.1, 0.15) is 0 Å². The molecule has 1 aromatic carbocycles. The number of amides is 1. The van der Waals surface area contributed by atoms with Gasteiger partial charge in [-0.15, -0.1) is 0 Å². The van der Waals surface area contributed by atoms with Gasteiger partial charge in [0, 0.05) is 10.5 Å². The van der Waals surface area contributed by atoms with E-state index in [9.17, 15) is 4.79 Å². The van der Waals surface area contributed by atoms with E-state index in [0.717, 1.165) is 15.7 Å². The maximum atomic E-state index is 12.0. The second-order valence-electron chi connectivity index (χ2n) is 5.35. The number of carbonyl (C=O) groups is 1. The average molecular weight is 325 g/mol. The summed E-state index contributed by atoms with van der Waals surface area (Å²) in [4.78, 5) is 12.0. The van der Waals surface area contributed by atoms with E-state index in [-0.39, 0.29) is 5.91 Å². The number of anilines is 1. The van der Waals surface area contributed by atoms with Gasteiger partial charge in [-0.05, 0) is 59.8 Å². The maximum Gasteiger partial charge on any atom is 0.238 e. The number of hydrogen-bond acceptors (Lipinski definition) is 2. The molecule has 2 rings (SSSR count). The summed E-state index contributed by atoms with van der Waals surface area (Å²) in [5, 5.41) is 6.31. The molecular weight excluding hydrogens is 304 g/mol. The van der Waals surface area contributed by atoms with Crippen LogP contribution < -0.4 is 10.6 Å². The number of rotatable bonds is 4. The van der Waals surface area contributed by atoms with E-state index in [1.54, 1.807) is 0 Å². The zero-order valence-electron chi connectivity index (χ0n) is 11.6. The van der Waals surface area contributed by atoms with Crippen LogP contribution in [0.3, 0.4) is 0 Å². The molecule has 1 fully saturated rings. The highest BCUT2D eigenvalue weighted by molar-refractivity contribution is 9.10. The standard InChI is InChI=1S/C15H21BrN2O/c1-10-7-11(2)15(13(16)8-10)18-14(19)9-17-12-5-3-4-6-12/h7-8,12,17H,3-6,9H2,1-2H3,(H,18,19). The fourth-order valence-corrected chi connectivity index (χ4v) is 3.40. The Labute approximate surface area is 123 Å². The Hall–Kier alpha value is -0.870. The number of nitrogens with one attached hydrogen (secondary N) is 2. The van der Waals surface area contributed by atoms with Crippen LogP contribution in [0.15, 0.2) is 16.6 Å². The molecule has 2 N–H and O–H groups in total. The van der Waals surface area contributed by atoms with Crippen LogP contribution in [0.1, 0.15) is 36.8 Å². The number of carbonyl (C=O) groups excluding carboxylic acids is 1. The van der Waals surface area contributed by atoms with Gasteiger partial charge in [-0.3, -0.25) is 4.79 Å². The lowest BCUT2D eigenvalue weighted by atomic mass is 10.1. The van der Waals surface area contributed by atoms with Crippen molar-refractivity contribution in [1.29, 1.82) is 0 Å². The van der Waals surface area contributed by atoms with Crippen molar-refractivity contribution in [2.45, 2.75) is 45.6 Å². The molecule has 0 heterocycles. The molecule has 0 aliphatic heterocycles. The van der Waals surface area contributed by atoms with E-state index in [4.69, 9.17) is 0 Å². The van der Waals surface area contributed by atoms with Crippen molar-refractivity contribution in [3.63, 3.8) is 0 Å². The normalized spacial score (nSPS) is 15.7. The number of hydrogen-bond donors (Lipinski definition) is 2. The molecule has 1 aromatic rings. The summed E-state index contributed by atoms with van der Waals surface area (Å²) in [5.41, 5.74) is 3.15. The van der Waals surface area contributed by atoms with Crippen molar-refractivity contribution < 1.29 is 4.79 Å². The molecule has 1 aliphatic carbocycles. The van der Waals surface area contributed by atoms with Crippen molar-refractivity contribution in [1.82, 2.24) is 5.32 Å². The Morgan fingerprint density at radius 3 is 2.63 bits per heavy atom. The maximum absolute atomic E-state index is 12.0. The second-order valence-corrected chi connectivity index (χ2v) is 6.20. The Morgan fingerprint density at radius 1 is 1.32 bits per heavy atom. The lowest BCUT2D eigenvalue weighted by Gasteiger charge is -2.14. The van der Waals surface area contributed by atoms with Crippen molar-refractivity contribution >= 4 is 27.5 Å². The van der Waals surface area contributed by atoms with E-state index in [1.165, 1.54) is 31.2 Å². The molecule has 1 amide bonds. The van der Waals surface area contributed by atoms with Crippen LogP contribution in [0.5, 0.6) is 0 Å². The van der Waals surface area contributed by atoms with E-state index in [2.05, 4.69) is 32.6 Å². The van der Waals surface area contributed by atoms with Gasteiger partial charge >= 0.3 is 0 Å². The van der Waals surface area contributed by atoms with Gasteiger partial charge in [0.15, 0.2) is 0 Å². The summed E-state index contributed by atoms with van der Waals surface area (Å²) in [6.07, 6.45) is 4.95. The third kappa shape index (κ3) is 4.05. The Morgan fingerprint density at radius 2 is 2.00 bits per heavy atom. The predicted molar refractivity (Wildman–Crippen MR) is 82.5 cm³/mol. The molecule has 0 unspecified atom stereocenters. The second kappa shape index (κ2) is 6.53. The molecule has 0 spiro atoms. The third-order valence-electron chi connectivity index (χ3n) is 3.60. The van der Waals surface area contributed by atoms with Crippen LogP contribution in [0.25, 0.3) is 0 Å². The van der Waals surface area contributed by atoms with Crippen molar-refractivity contribution in [2.24, 2.45) is 0 Å². The molecule has 0 bridgehead atoms. The summed E-state index contributed by atoms with van der Waals surface area (Å²) in [7, 11) is 0.